The van der Waals surface area contributed by atoms with Gasteiger partial charge in [0.15, 0.2) is 9.84 Å². The Kier molecular flexibility index (Phi) is 4.88. The van der Waals surface area contributed by atoms with Gasteiger partial charge in [-0.25, -0.2) is 8.42 Å². The summed E-state index contributed by atoms with van der Waals surface area (Å²) in [5.74, 6) is 0.769. The maximum Gasteiger partial charge on any atom is 0.322 e. The highest BCUT2D eigenvalue weighted by Gasteiger charge is 2.21. The second kappa shape index (κ2) is 6.99. The van der Waals surface area contributed by atoms with E-state index in [9.17, 15) is 13.2 Å². The molecule has 0 radical (unpaired) electrons. The third-order valence-corrected chi connectivity index (χ3v) is 6.11. The highest BCUT2D eigenvalue weighted by molar-refractivity contribution is 7.92. The summed E-state index contributed by atoms with van der Waals surface area (Å²) in [5, 5.41) is 9.63. The van der Waals surface area contributed by atoms with E-state index < -0.39 is 21.0 Å². The molecule has 1 aromatic carbocycles. The molecule has 27 heavy (non-hydrogen) atoms. The quantitative estimate of drug-likeness (QED) is 0.711. The first-order valence-corrected chi connectivity index (χ1v) is 9.79. The number of furan rings is 1. The number of amides is 1. The van der Waals surface area contributed by atoms with Crippen molar-refractivity contribution in [3.05, 3.63) is 47.4 Å². The average molecular weight is 389 g/mol. The summed E-state index contributed by atoms with van der Waals surface area (Å²) >= 11 is 0. The first-order chi connectivity index (χ1) is 12.7. The largest absolute Gasteiger partial charge is 0.466 e. The number of hydrogen-bond acceptors (Lipinski definition) is 7. The predicted molar refractivity (Wildman–Crippen MR) is 98.2 cm³/mol. The summed E-state index contributed by atoms with van der Waals surface area (Å²) in [6.45, 7) is 6.65. The molecule has 142 valence electrons. The zero-order chi connectivity index (χ0) is 19.8. The maximum atomic E-state index is 12.3. The summed E-state index contributed by atoms with van der Waals surface area (Å²) < 4.78 is 35.4. The predicted octanol–water partition coefficient (Wildman–Crippen LogP) is 3.38. The molecule has 8 nitrogen and oxygen atoms in total. The molecule has 1 amide bonds. The van der Waals surface area contributed by atoms with Crippen LogP contribution in [0.5, 0.6) is 0 Å². The van der Waals surface area contributed by atoms with Crippen molar-refractivity contribution in [1.29, 1.82) is 0 Å². The lowest BCUT2D eigenvalue weighted by Gasteiger charge is -2.08. The molecule has 1 N–H and O–H groups in total. The van der Waals surface area contributed by atoms with Crippen LogP contribution >= 0.6 is 0 Å². The number of nitrogens with one attached hydrogen (secondary N) is 1. The monoisotopic (exact) mass is 389 g/mol. The third kappa shape index (κ3) is 3.77. The van der Waals surface area contributed by atoms with Gasteiger partial charge in [-0.15, -0.1) is 5.10 Å². The van der Waals surface area contributed by atoms with Crippen LogP contribution in [0.4, 0.5) is 6.01 Å². The molecule has 3 aromatic rings. The minimum absolute atomic E-state index is 0.0922. The van der Waals surface area contributed by atoms with Crippen molar-refractivity contribution in [2.45, 2.75) is 37.8 Å². The molecule has 0 spiro atoms. The van der Waals surface area contributed by atoms with Crippen LogP contribution in [0, 0.1) is 13.8 Å². The van der Waals surface area contributed by atoms with Gasteiger partial charge in [0.05, 0.1) is 15.7 Å². The Bertz CT molecular complexity index is 1100. The Hall–Kier alpha value is -2.94. The van der Waals surface area contributed by atoms with Crippen molar-refractivity contribution >= 4 is 21.8 Å². The van der Waals surface area contributed by atoms with Gasteiger partial charge in [-0.1, -0.05) is 11.2 Å². The van der Waals surface area contributed by atoms with Crippen molar-refractivity contribution < 1.29 is 22.0 Å². The van der Waals surface area contributed by atoms with E-state index in [1.165, 1.54) is 12.1 Å². The minimum atomic E-state index is -3.43. The summed E-state index contributed by atoms with van der Waals surface area (Å²) in [7, 11) is -3.43. The Balaban J connectivity index is 1.84. The van der Waals surface area contributed by atoms with Crippen LogP contribution in [0.1, 0.15) is 35.7 Å². The van der Waals surface area contributed by atoms with E-state index in [1.807, 2.05) is 0 Å². The van der Waals surface area contributed by atoms with Gasteiger partial charge >= 0.3 is 6.01 Å². The summed E-state index contributed by atoms with van der Waals surface area (Å²) in [6.07, 6.45) is 0. The van der Waals surface area contributed by atoms with E-state index in [0.29, 0.717) is 22.6 Å². The lowest BCUT2D eigenvalue weighted by molar-refractivity contribution is 0.102. The van der Waals surface area contributed by atoms with Gasteiger partial charge in [-0.3, -0.25) is 10.1 Å². The topological polar surface area (TPSA) is 115 Å². The Morgan fingerprint density at radius 2 is 1.85 bits per heavy atom. The lowest BCUT2D eigenvalue weighted by Crippen LogP contribution is -2.13. The van der Waals surface area contributed by atoms with Gasteiger partial charge in [-0.05, 0) is 52.0 Å². The van der Waals surface area contributed by atoms with Crippen molar-refractivity contribution in [3.8, 4) is 11.5 Å². The lowest BCUT2D eigenvalue weighted by atomic mass is 10.2. The van der Waals surface area contributed by atoms with Crippen LogP contribution in [-0.2, 0) is 9.84 Å². The number of aromatic nitrogens is 2. The van der Waals surface area contributed by atoms with E-state index in [2.05, 4.69) is 15.5 Å². The van der Waals surface area contributed by atoms with Gasteiger partial charge in [0, 0.05) is 5.56 Å². The van der Waals surface area contributed by atoms with E-state index in [0.717, 1.165) is 0 Å². The number of sulfone groups is 1. The Morgan fingerprint density at radius 3 is 2.48 bits per heavy atom. The number of hydrogen-bond donors (Lipinski definition) is 1. The normalized spacial score (nSPS) is 11.7. The number of rotatable bonds is 5. The molecule has 0 aliphatic carbocycles. The molecular formula is C18H19N3O5S. The van der Waals surface area contributed by atoms with Crippen LogP contribution in [0.2, 0.25) is 0 Å². The maximum absolute atomic E-state index is 12.3. The molecule has 0 bridgehead atoms. The van der Waals surface area contributed by atoms with E-state index >= 15 is 0 Å². The van der Waals surface area contributed by atoms with E-state index in [1.54, 1.807) is 45.9 Å². The number of anilines is 1. The molecule has 0 atom stereocenters. The molecular weight excluding hydrogens is 370 g/mol. The minimum Gasteiger partial charge on any atom is -0.466 e. The first kappa shape index (κ1) is 18.8. The molecule has 0 aliphatic heterocycles. The van der Waals surface area contributed by atoms with Gasteiger partial charge in [0.25, 0.3) is 5.91 Å². The Morgan fingerprint density at radius 1 is 1.11 bits per heavy atom. The van der Waals surface area contributed by atoms with E-state index in [4.69, 9.17) is 8.83 Å². The van der Waals surface area contributed by atoms with Crippen LogP contribution in [0.15, 0.2) is 44.1 Å². The average Bonchev–Trinajstić information content (AvgIpc) is 3.21. The number of benzene rings is 1. The molecule has 0 unspecified atom stereocenters. The fraction of sp³-hybridized carbons (Fsp3) is 0.278. The highest BCUT2D eigenvalue weighted by Crippen LogP contribution is 2.25. The molecule has 3 rings (SSSR count). The fourth-order valence-corrected chi connectivity index (χ4v) is 3.59. The second-order valence-electron chi connectivity index (χ2n) is 6.31. The SMILES string of the molecule is Cc1cc(C(=O)Nc2nnc(-c3cccc(S(=O)(=O)C(C)C)c3)o2)c(C)o1. The molecule has 2 aromatic heterocycles. The summed E-state index contributed by atoms with van der Waals surface area (Å²) in [5.41, 5.74) is 0.817. The van der Waals surface area contributed by atoms with Crippen LogP contribution in [0.3, 0.4) is 0 Å². The summed E-state index contributed by atoms with van der Waals surface area (Å²) in [4.78, 5) is 12.4. The van der Waals surface area contributed by atoms with Crippen LogP contribution < -0.4 is 5.32 Å². The zero-order valence-corrected chi connectivity index (χ0v) is 16.1. The van der Waals surface area contributed by atoms with Crippen molar-refractivity contribution in [2.24, 2.45) is 0 Å². The molecule has 0 saturated carbocycles. The molecule has 0 fully saturated rings. The van der Waals surface area contributed by atoms with Crippen molar-refractivity contribution in [2.75, 3.05) is 5.32 Å². The van der Waals surface area contributed by atoms with Crippen LogP contribution in [0.25, 0.3) is 11.5 Å². The van der Waals surface area contributed by atoms with Gasteiger partial charge < -0.3 is 8.83 Å². The number of carbonyl (C=O) groups excluding carboxylic acids is 1. The fourth-order valence-electron chi connectivity index (χ4n) is 2.49. The molecule has 2 heterocycles. The Labute approximate surface area is 156 Å². The molecule has 0 aliphatic rings. The number of nitrogens with zero attached hydrogens (tertiary/aromatic N) is 2. The second-order valence-corrected chi connectivity index (χ2v) is 8.82. The van der Waals surface area contributed by atoms with Crippen LogP contribution in [-0.4, -0.2) is 29.8 Å². The number of aryl methyl sites for hydroxylation is 2. The van der Waals surface area contributed by atoms with E-state index in [-0.39, 0.29) is 16.8 Å². The standard InChI is InChI=1S/C18H19N3O5S/c1-10(2)27(23,24)14-7-5-6-13(9-14)17-20-21-18(26-17)19-16(22)15-8-11(3)25-12(15)4/h5-10H,1-4H3,(H,19,21,22). The highest BCUT2D eigenvalue weighted by atomic mass is 32.2. The van der Waals surface area contributed by atoms with Crippen molar-refractivity contribution in [3.63, 3.8) is 0 Å². The zero-order valence-electron chi connectivity index (χ0n) is 15.3. The smallest absolute Gasteiger partial charge is 0.322 e. The third-order valence-electron chi connectivity index (χ3n) is 3.96. The first-order valence-electron chi connectivity index (χ1n) is 8.24. The van der Waals surface area contributed by atoms with Gasteiger partial charge in [-0.2, -0.15) is 0 Å². The molecule has 9 heteroatoms. The molecule has 0 saturated heterocycles. The number of carbonyl (C=O) groups is 1. The van der Waals surface area contributed by atoms with Gasteiger partial charge in [0.2, 0.25) is 5.89 Å². The van der Waals surface area contributed by atoms with Gasteiger partial charge in [0.1, 0.15) is 11.5 Å². The van der Waals surface area contributed by atoms with Crippen molar-refractivity contribution in [1.82, 2.24) is 10.2 Å². The summed E-state index contributed by atoms with van der Waals surface area (Å²) in [6, 6.07) is 7.76.